The second-order valence-corrected chi connectivity index (χ2v) is 20.0. The Hall–Kier alpha value is -2.70. The topological polar surface area (TPSA) is 171 Å². The molecule has 0 bridgehead atoms. The summed E-state index contributed by atoms with van der Waals surface area (Å²) in [6, 6.07) is -3.37. The Bertz CT molecular complexity index is 1460. The van der Waals surface area contributed by atoms with Gasteiger partial charge in [0.2, 0.25) is 17.6 Å². The van der Waals surface area contributed by atoms with Crippen molar-refractivity contribution in [3.8, 4) is 0 Å². The molecule has 0 radical (unpaired) electrons. The van der Waals surface area contributed by atoms with E-state index in [-0.39, 0.29) is 35.0 Å². The first-order valence-corrected chi connectivity index (χ1v) is 20.4. The van der Waals surface area contributed by atoms with E-state index in [1.54, 1.807) is 4.90 Å². The van der Waals surface area contributed by atoms with Gasteiger partial charge in [-0.25, -0.2) is 13.2 Å². The molecule has 4 N–H and O–H groups in total. The number of piperidine rings is 1. The fourth-order valence-electron chi connectivity index (χ4n) is 9.12. The number of carbonyl (C=O) groups excluding carboxylic acids is 5. The van der Waals surface area contributed by atoms with Crippen LogP contribution in [-0.2, 0) is 29.0 Å². The first-order valence-electron chi connectivity index (χ1n) is 18.7. The van der Waals surface area contributed by atoms with Crippen molar-refractivity contribution in [2.45, 2.75) is 153 Å². The van der Waals surface area contributed by atoms with Crippen LogP contribution in [0.25, 0.3) is 0 Å². The lowest BCUT2D eigenvalue weighted by Gasteiger charge is -2.43. The third-order valence-electron chi connectivity index (χ3n) is 12.5. The minimum atomic E-state index is -3.35. The summed E-state index contributed by atoms with van der Waals surface area (Å²) in [5.74, 6) is -1.55. The van der Waals surface area contributed by atoms with E-state index in [1.165, 1.54) is 0 Å². The van der Waals surface area contributed by atoms with Crippen LogP contribution in [0.1, 0.15) is 118 Å². The fraction of sp³-hybridized carbons (Fsp3) is 0.861. The molecule has 274 valence electrons. The molecule has 0 aromatic heterocycles. The Morgan fingerprint density at radius 1 is 0.898 bits per heavy atom. The van der Waals surface area contributed by atoms with E-state index in [1.807, 2.05) is 20.8 Å². The molecule has 0 aromatic rings. The van der Waals surface area contributed by atoms with Crippen LogP contribution in [0, 0.1) is 28.6 Å². The molecule has 12 nitrogen and oxygen atoms in total. The van der Waals surface area contributed by atoms with Crippen molar-refractivity contribution in [2.75, 3.05) is 12.3 Å². The van der Waals surface area contributed by atoms with Crippen LogP contribution >= 0.6 is 0 Å². The first kappa shape index (κ1) is 36.1. The third-order valence-corrected chi connectivity index (χ3v) is 14.9. The first-order chi connectivity index (χ1) is 22.9. The number of hydrogen-bond donors (Lipinski definition) is 4. The van der Waals surface area contributed by atoms with Crippen LogP contribution in [0.3, 0.4) is 0 Å². The van der Waals surface area contributed by atoms with Gasteiger partial charge in [0.1, 0.15) is 12.1 Å². The lowest BCUT2D eigenvalue weighted by atomic mass is 9.78. The van der Waals surface area contributed by atoms with Crippen LogP contribution in [0.5, 0.6) is 0 Å². The Morgan fingerprint density at radius 2 is 1.57 bits per heavy atom. The average molecular weight is 704 g/mol. The maximum Gasteiger partial charge on any atom is 0.315 e. The maximum atomic E-state index is 14.5. The molecule has 5 amide bonds. The van der Waals surface area contributed by atoms with Gasteiger partial charge in [0.25, 0.3) is 5.91 Å². The number of fused-ring (bicyclic) bond motifs is 1. The van der Waals surface area contributed by atoms with Gasteiger partial charge in [-0.15, -0.1) is 0 Å². The van der Waals surface area contributed by atoms with E-state index < -0.39 is 67.8 Å². The number of hydrogen-bond acceptors (Lipinski definition) is 7. The third kappa shape index (κ3) is 7.52. The Morgan fingerprint density at radius 3 is 2.14 bits per heavy atom. The van der Waals surface area contributed by atoms with Crippen LogP contribution in [0.15, 0.2) is 0 Å². The number of nitrogens with zero attached hydrogens (tertiary/aromatic N) is 1. The Balaban J connectivity index is 1.19. The van der Waals surface area contributed by atoms with Gasteiger partial charge in [0.05, 0.1) is 22.6 Å². The molecule has 6 atom stereocenters. The summed E-state index contributed by atoms with van der Waals surface area (Å²) in [5.41, 5.74) is -1.79. The van der Waals surface area contributed by atoms with Crippen molar-refractivity contribution in [3.05, 3.63) is 0 Å². The molecule has 0 spiro atoms. The fourth-order valence-corrected chi connectivity index (χ4v) is 11.5. The largest absolute Gasteiger partial charge is 0.347 e. The highest BCUT2D eigenvalue weighted by Crippen LogP contribution is 2.65. The van der Waals surface area contributed by atoms with Crippen LogP contribution in [0.4, 0.5) is 4.79 Å². The smallest absolute Gasteiger partial charge is 0.315 e. The number of nitrogens with one attached hydrogen (secondary N) is 4. The van der Waals surface area contributed by atoms with Crippen molar-refractivity contribution in [2.24, 2.45) is 28.6 Å². The standard InChI is InChI=1S/C36H57N5O7S/c1-34(2,3)29(39-33(46)40-36(17-7-6-8-18-36)25-10-9-19-49(25,47)48)32(45)41-20-23-26(35(23,4)5)27(41)30(43)38-24(16-13-21-11-12-21)28(42)31(44)37-22-14-15-22/h21-27,29H,6-20H2,1-5H3,(H,37,44)(H,38,43)(H2,39,40,46)/t23-,24?,25?,26-,27-,29+/m0/s1. The Labute approximate surface area is 291 Å². The molecule has 2 unspecified atom stereocenters. The molecule has 6 rings (SSSR count). The van der Waals surface area contributed by atoms with Gasteiger partial charge in [-0.05, 0) is 80.0 Å². The molecule has 4 saturated carbocycles. The highest BCUT2D eigenvalue weighted by Gasteiger charge is 2.70. The molecular weight excluding hydrogens is 646 g/mol. The number of Topliss-reactive ketones (excluding diaryl/α,β-unsaturated/α-hetero) is 1. The number of carbonyl (C=O) groups is 5. The normalized spacial score (nSPS) is 30.8. The molecule has 6 fully saturated rings. The van der Waals surface area contributed by atoms with Crippen molar-refractivity contribution >= 4 is 39.4 Å². The minimum absolute atomic E-state index is 0.0155. The van der Waals surface area contributed by atoms with E-state index in [0.29, 0.717) is 44.6 Å². The number of urea groups is 1. The zero-order chi connectivity index (χ0) is 35.5. The molecule has 2 saturated heterocycles. The van der Waals surface area contributed by atoms with Gasteiger partial charge in [-0.2, -0.15) is 0 Å². The second kappa shape index (κ2) is 13.1. The molecule has 4 aliphatic carbocycles. The van der Waals surface area contributed by atoms with Gasteiger partial charge < -0.3 is 26.2 Å². The van der Waals surface area contributed by atoms with Gasteiger partial charge in [0.15, 0.2) is 9.84 Å². The van der Waals surface area contributed by atoms with Crippen molar-refractivity contribution in [3.63, 3.8) is 0 Å². The molecular formula is C36H57N5O7S. The number of rotatable bonds is 12. The van der Waals surface area contributed by atoms with E-state index in [4.69, 9.17) is 0 Å². The summed E-state index contributed by atoms with van der Waals surface area (Å²) in [6.07, 6.45) is 9.84. The monoisotopic (exact) mass is 703 g/mol. The van der Waals surface area contributed by atoms with Gasteiger partial charge in [-0.1, -0.05) is 66.7 Å². The molecule has 0 aromatic carbocycles. The molecule has 49 heavy (non-hydrogen) atoms. The lowest BCUT2D eigenvalue weighted by Crippen LogP contribution is -2.65. The summed E-state index contributed by atoms with van der Waals surface area (Å²) >= 11 is 0. The van der Waals surface area contributed by atoms with E-state index in [9.17, 15) is 32.4 Å². The zero-order valence-electron chi connectivity index (χ0n) is 29.9. The van der Waals surface area contributed by atoms with E-state index >= 15 is 0 Å². The highest BCUT2D eigenvalue weighted by atomic mass is 32.2. The lowest BCUT2D eigenvalue weighted by molar-refractivity contribution is -0.145. The number of amides is 5. The predicted octanol–water partition coefficient (Wildman–Crippen LogP) is 2.99. The number of likely N-dealkylation sites (tertiary alicyclic amines) is 1. The molecule has 13 heteroatoms. The average Bonchev–Trinajstić information content (AvgIpc) is 3.98. The van der Waals surface area contributed by atoms with Gasteiger partial charge in [0, 0.05) is 12.6 Å². The van der Waals surface area contributed by atoms with Crippen LogP contribution < -0.4 is 21.3 Å². The summed E-state index contributed by atoms with van der Waals surface area (Å²) in [5, 5.41) is 11.0. The predicted molar refractivity (Wildman–Crippen MR) is 184 cm³/mol. The maximum absolute atomic E-state index is 14.5. The van der Waals surface area contributed by atoms with Crippen molar-refractivity contribution in [1.82, 2.24) is 26.2 Å². The van der Waals surface area contributed by atoms with Crippen LogP contribution in [-0.4, -0.2) is 90.1 Å². The van der Waals surface area contributed by atoms with Crippen LogP contribution in [0.2, 0.25) is 0 Å². The quantitative estimate of drug-likeness (QED) is 0.227. The summed E-state index contributed by atoms with van der Waals surface area (Å²) in [7, 11) is -3.35. The molecule has 2 aliphatic heterocycles. The number of sulfone groups is 1. The zero-order valence-corrected chi connectivity index (χ0v) is 30.8. The summed E-state index contributed by atoms with van der Waals surface area (Å²) < 4.78 is 26.1. The summed E-state index contributed by atoms with van der Waals surface area (Å²) in [4.78, 5) is 70.1. The van der Waals surface area contributed by atoms with E-state index in [2.05, 4.69) is 35.1 Å². The van der Waals surface area contributed by atoms with Gasteiger partial charge >= 0.3 is 6.03 Å². The minimum Gasteiger partial charge on any atom is -0.347 e. The molecule has 2 heterocycles. The van der Waals surface area contributed by atoms with Gasteiger partial charge in [-0.3, -0.25) is 19.2 Å². The van der Waals surface area contributed by atoms with E-state index in [0.717, 1.165) is 51.4 Å². The Kier molecular flexibility index (Phi) is 9.67. The SMILES string of the molecule is CC(C)(C)[C@H](NC(=O)NC1(C2CCCS2(=O)=O)CCCCC1)C(=O)N1C[C@H]2[C@@H]([C@H]1C(=O)NC(CCC1CC1)C(=O)C(=O)NC1CC1)C2(C)C. The second-order valence-electron chi connectivity index (χ2n) is 17.7. The summed E-state index contributed by atoms with van der Waals surface area (Å²) in [6.45, 7) is 10.1. The number of ketones is 1. The molecule has 6 aliphatic rings. The van der Waals surface area contributed by atoms with Crippen molar-refractivity contribution < 1.29 is 32.4 Å². The van der Waals surface area contributed by atoms with Crippen molar-refractivity contribution in [1.29, 1.82) is 0 Å². The highest BCUT2D eigenvalue weighted by molar-refractivity contribution is 7.92.